The number of sulfonamides is 1. The highest BCUT2D eigenvalue weighted by Gasteiger charge is 2.29. The van der Waals surface area contributed by atoms with Crippen molar-refractivity contribution >= 4 is 27.7 Å². The Labute approximate surface area is 177 Å². The molecule has 0 saturated carbocycles. The summed E-state index contributed by atoms with van der Waals surface area (Å²) in [5, 5.41) is 12.9. The maximum absolute atomic E-state index is 12.6. The normalized spacial score (nSPS) is 16.8. The topological polar surface area (TPSA) is 93.5 Å². The lowest BCUT2D eigenvalue weighted by atomic mass is 10.2. The van der Waals surface area contributed by atoms with Gasteiger partial charge in [-0.2, -0.15) is 9.57 Å². The minimum atomic E-state index is -3.51. The molecule has 8 heteroatoms. The Kier molecular flexibility index (Phi) is 7.00. The van der Waals surface area contributed by atoms with E-state index in [1.54, 1.807) is 37.3 Å². The number of hydrogen-bond donors (Lipinski definition) is 1. The first-order chi connectivity index (χ1) is 14.4. The smallest absolute Gasteiger partial charge is 0.241 e. The molecular weight excluding hydrogens is 400 g/mol. The van der Waals surface area contributed by atoms with Crippen molar-refractivity contribution in [2.75, 3.05) is 31.5 Å². The first-order valence-electron chi connectivity index (χ1n) is 9.67. The Hall–Kier alpha value is -2.99. The Balaban J connectivity index is 1.54. The van der Waals surface area contributed by atoms with Crippen LogP contribution in [0.15, 0.2) is 60.0 Å². The summed E-state index contributed by atoms with van der Waals surface area (Å²) < 4.78 is 26.6. The van der Waals surface area contributed by atoms with E-state index in [1.165, 1.54) is 9.71 Å². The third-order valence-corrected chi connectivity index (χ3v) is 6.64. The molecule has 2 aromatic carbocycles. The standard InChI is InChI=1S/C22H24N4O3S/c1-18(22(27)24-21-9-7-20(17-23)8-10-21)25-12-14-26(15-13-25)30(28,29)16-11-19-5-3-2-4-6-19/h2-11,16,18H,12-15H2,1H3,(H,24,27)/b16-11+/t18-/m0/s1. The highest BCUT2D eigenvalue weighted by molar-refractivity contribution is 7.92. The van der Waals surface area contributed by atoms with Crippen molar-refractivity contribution in [2.24, 2.45) is 0 Å². The maximum Gasteiger partial charge on any atom is 0.241 e. The Morgan fingerprint density at radius 1 is 1.07 bits per heavy atom. The van der Waals surface area contributed by atoms with Gasteiger partial charge in [0.05, 0.1) is 17.7 Å². The molecule has 2 aromatic rings. The van der Waals surface area contributed by atoms with Crippen LogP contribution in [-0.2, 0) is 14.8 Å². The van der Waals surface area contributed by atoms with Gasteiger partial charge in [-0.05, 0) is 42.8 Å². The summed E-state index contributed by atoms with van der Waals surface area (Å²) in [5.41, 5.74) is 1.98. The molecule has 0 aliphatic carbocycles. The molecule has 0 unspecified atom stereocenters. The first kappa shape index (κ1) is 21.7. The largest absolute Gasteiger partial charge is 0.325 e. The molecule has 1 aliphatic rings. The average Bonchev–Trinajstić information content (AvgIpc) is 2.78. The van der Waals surface area contributed by atoms with E-state index in [-0.39, 0.29) is 5.91 Å². The Morgan fingerprint density at radius 2 is 1.70 bits per heavy atom. The molecule has 0 radical (unpaired) electrons. The monoisotopic (exact) mass is 424 g/mol. The van der Waals surface area contributed by atoms with Crippen molar-refractivity contribution in [1.29, 1.82) is 5.26 Å². The molecule has 3 rings (SSSR count). The lowest BCUT2D eigenvalue weighted by Crippen LogP contribution is -2.53. The molecule has 0 aromatic heterocycles. The zero-order valence-electron chi connectivity index (χ0n) is 16.7. The zero-order chi connectivity index (χ0) is 21.6. The van der Waals surface area contributed by atoms with Crippen LogP contribution in [0.1, 0.15) is 18.1 Å². The molecule has 1 N–H and O–H groups in total. The molecular formula is C22H24N4O3S. The zero-order valence-corrected chi connectivity index (χ0v) is 17.5. The van der Waals surface area contributed by atoms with Crippen LogP contribution in [0.5, 0.6) is 0 Å². The van der Waals surface area contributed by atoms with E-state index in [0.717, 1.165) is 5.56 Å². The minimum Gasteiger partial charge on any atom is -0.325 e. The second-order valence-electron chi connectivity index (χ2n) is 7.05. The summed E-state index contributed by atoms with van der Waals surface area (Å²) in [5.74, 6) is -0.167. The van der Waals surface area contributed by atoms with Crippen LogP contribution >= 0.6 is 0 Å². The highest BCUT2D eigenvalue weighted by atomic mass is 32.2. The van der Waals surface area contributed by atoms with Crippen molar-refractivity contribution in [3.8, 4) is 6.07 Å². The van der Waals surface area contributed by atoms with Crippen LogP contribution in [0.4, 0.5) is 5.69 Å². The van der Waals surface area contributed by atoms with E-state index < -0.39 is 16.1 Å². The summed E-state index contributed by atoms with van der Waals surface area (Å²) >= 11 is 0. The number of nitriles is 1. The maximum atomic E-state index is 12.6. The SMILES string of the molecule is C[C@@H](C(=O)Nc1ccc(C#N)cc1)N1CCN(S(=O)(=O)/C=C/c2ccccc2)CC1. The Morgan fingerprint density at radius 3 is 2.30 bits per heavy atom. The lowest BCUT2D eigenvalue weighted by Gasteiger charge is -2.36. The Bertz CT molecular complexity index is 1040. The molecule has 1 aliphatic heterocycles. The van der Waals surface area contributed by atoms with Crippen molar-refractivity contribution in [1.82, 2.24) is 9.21 Å². The molecule has 1 heterocycles. The minimum absolute atomic E-state index is 0.167. The van der Waals surface area contributed by atoms with E-state index in [9.17, 15) is 13.2 Å². The highest BCUT2D eigenvalue weighted by Crippen LogP contribution is 2.15. The number of anilines is 1. The van der Waals surface area contributed by atoms with Crippen molar-refractivity contribution in [2.45, 2.75) is 13.0 Å². The van der Waals surface area contributed by atoms with E-state index in [4.69, 9.17) is 5.26 Å². The number of rotatable bonds is 6. The van der Waals surface area contributed by atoms with Gasteiger partial charge in [-0.15, -0.1) is 0 Å². The van der Waals surface area contributed by atoms with Gasteiger partial charge < -0.3 is 5.32 Å². The van der Waals surface area contributed by atoms with Crippen LogP contribution < -0.4 is 5.32 Å². The third-order valence-electron chi connectivity index (χ3n) is 5.07. The van der Waals surface area contributed by atoms with E-state index in [2.05, 4.69) is 5.32 Å². The number of nitrogens with one attached hydrogen (secondary N) is 1. The number of piperazine rings is 1. The van der Waals surface area contributed by atoms with Gasteiger partial charge in [0.1, 0.15) is 0 Å². The van der Waals surface area contributed by atoms with E-state index in [0.29, 0.717) is 37.4 Å². The van der Waals surface area contributed by atoms with Gasteiger partial charge in [-0.25, -0.2) is 8.42 Å². The van der Waals surface area contributed by atoms with Crippen molar-refractivity contribution in [3.05, 3.63) is 71.1 Å². The van der Waals surface area contributed by atoms with Crippen LogP contribution in [0.25, 0.3) is 6.08 Å². The summed E-state index contributed by atoms with van der Waals surface area (Å²) in [6.45, 7) is 3.41. The number of carbonyl (C=O) groups excluding carboxylic acids is 1. The summed E-state index contributed by atoms with van der Waals surface area (Å²) in [6, 6.07) is 17.6. The number of nitrogens with zero attached hydrogens (tertiary/aromatic N) is 3. The predicted octanol–water partition coefficient (Wildman–Crippen LogP) is 2.50. The van der Waals surface area contributed by atoms with Crippen LogP contribution in [0.2, 0.25) is 0 Å². The van der Waals surface area contributed by atoms with Gasteiger partial charge in [0.15, 0.2) is 0 Å². The van der Waals surface area contributed by atoms with Crippen LogP contribution in [0.3, 0.4) is 0 Å². The van der Waals surface area contributed by atoms with Crippen LogP contribution in [-0.4, -0.2) is 55.8 Å². The van der Waals surface area contributed by atoms with Gasteiger partial charge >= 0.3 is 0 Å². The molecule has 7 nitrogen and oxygen atoms in total. The molecule has 0 bridgehead atoms. The van der Waals surface area contributed by atoms with E-state index >= 15 is 0 Å². The fourth-order valence-corrected chi connectivity index (χ4v) is 4.37. The second-order valence-corrected chi connectivity index (χ2v) is 8.87. The van der Waals surface area contributed by atoms with Gasteiger partial charge in [0.2, 0.25) is 15.9 Å². The fourth-order valence-electron chi connectivity index (χ4n) is 3.20. The van der Waals surface area contributed by atoms with Crippen molar-refractivity contribution in [3.63, 3.8) is 0 Å². The van der Waals surface area contributed by atoms with Crippen LogP contribution in [0, 0.1) is 11.3 Å². The fraction of sp³-hybridized carbons (Fsp3) is 0.273. The number of hydrogen-bond acceptors (Lipinski definition) is 5. The van der Waals surface area contributed by atoms with Gasteiger partial charge in [-0.1, -0.05) is 30.3 Å². The predicted molar refractivity (Wildman–Crippen MR) is 117 cm³/mol. The molecule has 156 valence electrons. The van der Waals surface area contributed by atoms with Gasteiger partial charge in [0, 0.05) is 37.3 Å². The lowest BCUT2D eigenvalue weighted by molar-refractivity contribution is -0.121. The third kappa shape index (κ3) is 5.54. The second kappa shape index (κ2) is 9.67. The number of carbonyl (C=O) groups is 1. The quantitative estimate of drug-likeness (QED) is 0.769. The summed E-state index contributed by atoms with van der Waals surface area (Å²) in [4.78, 5) is 14.5. The summed E-state index contributed by atoms with van der Waals surface area (Å²) in [7, 11) is -3.51. The average molecular weight is 425 g/mol. The number of benzene rings is 2. The molecule has 0 spiro atoms. The van der Waals surface area contributed by atoms with Gasteiger partial charge in [-0.3, -0.25) is 9.69 Å². The molecule has 30 heavy (non-hydrogen) atoms. The van der Waals surface area contributed by atoms with Crippen molar-refractivity contribution < 1.29 is 13.2 Å². The molecule has 1 amide bonds. The molecule has 1 saturated heterocycles. The first-order valence-corrected chi connectivity index (χ1v) is 11.2. The summed E-state index contributed by atoms with van der Waals surface area (Å²) in [6.07, 6.45) is 1.59. The molecule has 1 atom stereocenters. The van der Waals surface area contributed by atoms with E-state index in [1.807, 2.05) is 41.3 Å². The number of amides is 1. The van der Waals surface area contributed by atoms with Gasteiger partial charge in [0.25, 0.3) is 0 Å². The molecule has 1 fully saturated rings.